The number of ether oxygens (including phenoxy) is 1. The van der Waals surface area contributed by atoms with Crippen molar-refractivity contribution in [2.24, 2.45) is 0 Å². The summed E-state index contributed by atoms with van der Waals surface area (Å²) in [5.74, 6) is 1.22. The van der Waals surface area contributed by atoms with Gasteiger partial charge in [0, 0.05) is 31.9 Å². The summed E-state index contributed by atoms with van der Waals surface area (Å²) in [5, 5.41) is 14.6. The van der Waals surface area contributed by atoms with E-state index in [-0.39, 0.29) is 0 Å². The zero-order valence-corrected chi connectivity index (χ0v) is 14.2. The molecule has 2 N–H and O–H groups in total. The first-order valence-electron chi connectivity index (χ1n) is 8.28. The van der Waals surface area contributed by atoms with E-state index < -0.39 is 0 Å². The summed E-state index contributed by atoms with van der Waals surface area (Å²) in [6.45, 7) is 9.48. The first kappa shape index (κ1) is 16.6. The molecule has 0 atom stereocenters. The van der Waals surface area contributed by atoms with Crippen LogP contribution in [0.3, 0.4) is 0 Å². The third kappa shape index (κ3) is 4.87. The van der Waals surface area contributed by atoms with E-state index in [0.29, 0.717) is 11.8 Å². The molecule has 24 heavy (non-hydrogen) atoms. The number of aryl methyl sites for hydroxylation is 2. The van der Waals surface area contributed by atoms with Crippen molar-refractivity contribution in [3.63, 3.8) is 0 Å². The fraction of sp³-hybridized carbons (Fsp3) is 0.471. The second kappa shape index (κ2) is 8.03. The van der Waals surface area contributed by atoms with Gasteiger partial charge in [0.05, 0.1) is 19.4 Å². The minimum Gasteiger partial charge on any atom is -0.379 e. The summed E-state index contributed by atoms with van der Waals surface area (Å²) >= 11 is 0. The summed E-state index contributed by atoms with van der Waals surface area (Å²) in [7, 11) is 0. The van der Waals surface area contributed by atoms with E-state index in [1.807, 2.05) is 0 Å². The topological polar surface area (TPSA) is 75.2 Å². The zero-order valence-electron chi connectivity index (χ0n) is 14.2. The lowest BCUT2D eigenvalue weighted by Crippen LogP contribution is -2.39. The Morgan fingerprint density at radius 3 is 2.62 bits per heavy atom. The number of hydrogen-bond acceptors (Lipinski definition) is 7. The van der Waals surface area contributed by atoms with Crippen LogP contribution in [0.15, 0.2) is 24.4 Å². The first-order valence-corrected chi connectivity index (χ1v) is 8.28. The number of nitrogens with one attached hydrogen (secondary N) is 2. The molecule has 0 spiro atoms. The molecule has 1 aromatic heterocycles. The van der Waals surface area contributed by atoms with Crippen LogP contribution in [0.25, 0.3) is 0 Å². The van der Waals surface area contributed by atoms with Crippen molar-refractivity contribution in [3.05, 3.63) is 35.5 Å². The van der Waals surface area contributed by atoms with E-state index in [1.165, 1.54) is 11.1 Å². The highest BCUT2D eigenvalue weighted by Gasteiger charge is 2.09. The molecule has 1 aliphatic rings. The Hall–Kier alpha value is -2.25. The number of rotatable bonds is 6. The fourth-order valence-electron chi connectivity index (χ4n) is 2.78. The summed E-state index contributed by atoms with van der Waals surface area (Å²) in [5.41, 5.74) is 3.43. The van der Waals surface area contributed by atoms with E-state index >= 15 is 0 Å². The summed E-state index contributed by atoms with van der Waals surface area (Å²) in [6.07, 6.45) is 1.63. The van der Waals surface area contributed by atoms with Gasteiger partial charge < -0.3 is 15.4 Å². The molecule has 0 amide bonds. The quantitative estimate of drug-likeness (QED) is 0.839. The van der Waals surface area contributed by atoms with Crippen molar-refractivity contribution in [2.45, 2.75) is 13.8 Å². The van der Waals surface area contributed by atoms with Crippen molar-refractivity contribution < 1.29 is 4.74 Å². The minimum absolute atomic E-state index is 0.539. The fourth-order valence-corrected chi connectivity index (χ4v) is 2.78. The second-order valence-electron chi connectivity index (χ2n) is 6.05. The van der Waals surface area contributed by atoms with E-state index in [1.54, 1.807) is 6.20 Å². The molecule has 7 heteroatoms. The van der Waals surface area contributed by atoms with Crippen LogP contribution in [0, 0.1) is 13.8 Å². The predicted octanol–water partition coefficient (Wildman–Crippen LogP) is 1.98. The standard InChI is InChI=1S/C17H24N6O/c1-13-9-14(2)11-15(10-13)20-16-12-19-22-17(21-16)18-3-4-23-5-7-24-8-6-23/h9-12H,3-8H2,1-2H3,(H2,18,20,21,22). The Morgan fingerprint density at radius 1 is 1.12 bits per heavy atom. The van der Waals surface area contributed by atoms with Crippen molar-refractivity contribution in [2.75, 3.05) is 50.0 Å². The lowest BCUT2D eigenvalue weighted by molar-refractivity contribution is 0.0398. The number of hydrogen-bond donors (Lipinski definition) is 2. The van der Waals surface area contributed by atoms with Crippen molar-refractivity contribution in [1.82, 2.24) is 20.1 Å². The largest absolute Gasteiger partial charge is 0.379 e. The van der Waals surface area contributed by atoms with Crippen molar-refractivity contribution in [1.29, 1.82) is 0 Å². The highest BCUT2D eigenvalue weighted by atomic mass is 16.5. The van der Waals surface area contributed by atoms with E-state index in [9.17, 15) is 0 Å². The number of anilines is 3. The van der Waals surface area contributed by atoms with Gasteiger partial charge >= 0.3 is 0 Å². The molecule has 1 aromatic carbocycles. The van der Waals surface area contributed by atoms with Gasteiger partial charge in [-0.1, -0.05) is 6.07 Å². The molecule has 3 rings (SSSR count). The van der Waals surface area contributed by atoms with Crippen LogP contribution in [0.5, 0.6) is 0 Å². The Balaban J connectivity index is 1.55. The molecule has 2 aromatic rings. The summed E-state index contributed by atoms with van der Waals surface area (Å²) < 4.78 is 5.35. The molecule has 1 fully saturated rings. The normalized spacial score (nSPS) is 15.2. The van der Waals surface area contributed by atoms with Crippen molar-refractivity contribution in [3.8, 4) is 0 Å². The van der Waals surface area contributed by atoms with Crippen LogP contribution >= 0.6 is 0 Å². The second-order valence-corrected chi connectivity index (χ2v) is 6.05. The molecular weight excluding hydrogens is 304 g/mol. The summed E-state index contributed by atoms with van der Waals surface area (Å²) in [6, 6.07) is 6.31. The van der Waals surface area contributed by atoms with E-state index in [0.717, 1.165) is 45.1 Å². The molecule has 0 radical (unpaired) electrons. The van der Waals surface area contributed by atoms with Gasteiger partial charge in [-0.15, -0.1) is 5.10 Å². The minimum atomic E-state index is 0.539. The molecule has 0 aliphatic carbocycles. The Bertz CT molecular complexity index is 652. The monoisotopic (exact) mass is 328 g/mol. The molecule has 128 valence electrons. The molecule has 2 heterocycles. The van der Waals surface area contributed by atoms with Gasteiger partial charge in [-0.25, -0.2) is 0 Å². The molecule has 0 saturated carbocycles. The average Bonchev–Trinajstić information content (AvgIpc) is 2.55. The smallest absolute Gasteiger partial charge is 0.244 e. The third-order valence-corrected chi connectivity index (χ3v) is 3.87. The molecule has 0 bridgehead atoms. The SMILES string of the molecule is Cc1cc(C)cc(Nc2cnnc(NCCN3CCOCC3)n2)c1. The van der Waals surface area contributed by atoms with E-state index in [4.69, 9.17) is 4.74 Å². The molecule has 7 nitrogen and oxygen atoms in total. The van der Waals surface area contributed by atoms with Gasteiger partial charge in [0.1, 0.15) is 0 Å². The Kier molecular flexibility index (Phi) is 5.55. The van der Waals surface area contributed by atoms with Gasteiger partial charge in [-0.3, -0.25) is 4.90 Å². The molecular formula is C17H24N6O. The number of morpholine rings is 1. The lowest BCUT2D eigenvalue weighted by Gasteiger charge is -2.26. The van der Waals surface area contributed by atoms with Crippen LogP contribution in [0.1, 0.15) is 11.1 Å². The maximum Gasteiger partial charge on any atom is 0.244 e. The maximum atomic E-state index is 5.35. The van der Waals surface area contributed by atoms with Crippen LogP contribution in [0.4, 0.5) is 17.5 Å². The third-order valence-electron chi connectivity index (χ3n) is 3.87. The Labute approximate surface area is 142 Å². The lowest BCUT2D eigenvalue weighted by atomic mass is 10.1. The highest BCUT2D eigenvalue weighted by Crippen LogP contribution is 2.18. The van der Waals surface area contributed by atoms with Gasteiger partial charge in [0.2, 0.25) is 5.95 Å². The van der Waals surface area contributed by atoms with Gasteiger partial charge in [0.25, 0.3) is 0 Å². The number of nitrogens with zero attached hydrogens (tertiary/aromatic N) is 4. The molecule has 0 unspecified atom stereocenters. The number of benzene rings is 1. The van der Waals surface area contributed by atoms with Crippen LogP contribution in [0.2, 0.25) is 0 Å². The van der Waals surface area contributed by atoms with Crippen LogP contribution in [-0.4, -0.2) is 59.5 Å². The molecule has 1 saturated heterocycles. The average molecular weight is 328 g/mol. The van der Waals surface area contributed by atoms with Crippen LogP contribution < -0.4 is 10.6 Å². The van der Waals surface area contributed by atoms with Gasteiger partial charge in [-0.05, 0) is 37.1 Å². The van der Waals surface area contributed by atoms with Gasteiger partial charge in [-0.2, -0.15) is 10.1 Å². The van der Waals surface area contributed by atoms with Crippen LogP contribution in [-0.2, 0) is 4.74 Å². The summed E-state index contributed by atoms with van der Waals surface area (Å²) in [4.78, 5) is 6.83. The Morgan fingerprint density at radius 2 is 1.88 bits per heavy atom. The maximum absolute atomic E-state index is 5.35. The van der Waals surface area contributed by atoms with Crippen molar-refractivity contribution >= 4 is 17.5 Å². The first-order chi connectivity index (χ1) is 11.7. The zero-order chi connectivity index (χ0) is 16.8. The van der Waals surface area contributed by atoms with Gasteiger partial charge in [0.15, 0.2) is 5.82 Å². The molecule has 1 aliphatic heterocycles. The highest BCUT2D eigenvalue weighted by molar-refractivity contribution is 5.58. The number of aromatic nitrogens is 3. The van der Waals surface area contributed by atoms with E-state index in [2.05, 4.69) is 62.8 Å². The predicted molar refractivity (Wildman–Crippen MR) is 94.8 cm³/mol.